The fraction of sp³-hybridized carbons (Fsp3) is 0.286. The molecule has 7 nitrogen and oxygen atoms in total. The molecule has 0 heterocycles. The van der Waals surface area contributed by atoms with Gasteiger partial charge in [0.05, 0.1) is 18.8 Å². The molecule has 166 valence electrons. The lowest BCUT2D eigenvalue weighted by Crippen LogP contribution is -2.36. The van der Waals surface area contributed by atoms with Crippen LogP contribution in [0.15, 0.2) is 36.4 Å². The molecule has 0 spiro atoms. The number of benzene rings is 2. The first kappa shape index (κ1) is 26.1. The summed E-state index contributed by atoms with van der Waals surface area (Å²) in [5.41, 5.74) is 1.84. The molecule has 2 aromatic carbocycles. The van der Waals surface area contributed by atoms with Crippen molar-refractivity contribution in [2.24, 2.45) is 0 Å². The number of nitrogens with zero attached hydrogens (tertiary/aromatic N) is 1. The van der Waals surface area contributed by atoms with E-state index in [1.165, 1.54) is 0 Å². The second-order valence-electron chi connectivity index (χ2n) is 6.22. The van der Waals surface area contributed by atoms with Gasteiger partial charge in [0.1, 0.15) is 13.1 Å². The van der Waals surface area contributed by atoms with Gasteiger partial charge in [-0.3, -0.25) is 14.4 Å². The van der Waals surface area contributed by atoms with Gasteiger partial charge in [-0.25, -0.2) is 0 Å². The van der Waals surface area contributed by atoms with E-state index >= 15 is 0 Å². The van der Waals surface area contributed by atoms with Crippen LogP contribution in [0.5, 0.6) is 0 Å². The van der Waals surface area contributed by atoms with Gasteiger partial charge in [-0.15, -0.1) is 0 Å². The number of hydrogen-bond acceptors (Lipinski definition) is 6. The van der Waals surface area contributed by atoms with E-state index in [1.54, 1.807) is 43.0 Å². The number of rotatable bonds is 9. The quantitative estimate of drug-likeness (QED) is 0.227. The zero-order chi connectivity index (χ0) is 23.0. The Bertz CT molecular complexity index is 931. The van der Waals surface area contributed by atoms with Crippen LogP contribution < -0.4 is 10.2 Å². The van der Waals surface area contributed by atoms with E-state index in [-0.39, 0.29) is 32.2 Å². The molecular weight excluding hydrogens is 741 g/mol. The Balaban J connectivity index is 2.17. The number of anilines is 2. The first-order valence-electron chi connectivity index (χ1n) is 9.37. The van der Waals surface area contributed by atoms with Crippen LogP contribution in [-0.2, 0) is 19.1 Å². The number of hydrogen-bond donors (Lipinski definition) is 1. The van der Waals surface area contributed by atoms with Crippen LogP contribution in [0.4, 0.5) is 11.4 Å². The average molecular weight is 762 g/mol. The second kappa shape index (κ2) is 12.8. The third-order valence-electron chi connectivity index (χ3n) is 3.98. The highest BCUT2D eigenvalue weighted by atomic mass is 127. The molecule has 0 unspecified atom stereocenters. The Kier molecular flexibility index (Phi) is 10.7. The number of esters is 2. The summed E-state index contributed by atoms with van der Waals surface area (Å²) in [4.78, 5) is 38.2. The van der Waals surface area contributed by atoms with Gasteiger partial charge in [0.25, 0.3) is 5.91 Å². The van der Waals surface area contributed by atoms with E-state index in [4.69, 9.17) is 9.47 Å². The maximum atomic E-state index is 12.7. The molecule has 0 fully saturated rings. The summed E-state index contributed by atoms with van der Waals surface area (Å²) in [6.45, 7) is 3.79. The molecule has 1 N–H and O–H groups in total. The predicted octanol–water partition coefficient (Wildman–Crippen LogP) is 4.69. The van der Waals surface area contributed by atoms with Gasteiger partial charge in [0.2, 0.25) is 0 Å². The molecule has 1 amide bonds. The first-order chi connectivity index (χ1) is 14.7. The van der Waals surface area contributed by atoms with Gasteiger partial charge in [-0.05, 0) is 118 Å². The third kappa shape index (κ3) is 8.04. The number of ether oxygens (including phenoxy) is 2. The van der Waals surface area contributed by atoms with Crippen molar-refractivity contribution >= 4 is 97.0 Å². The molecule has 2 rings (SSSR count). The topological polar surface area (TPSA) is 84.9 Å². The fourth-order valence-electron chi connectivity index (χ4n) is 2.64. The van der Waals surface area contributed by atoms with E-state index in [9.17, 15) is 14.4 Å². The minimum absolute atomic E-state index is 0.0859. The molecule has 2 aromatic rings. The van der Waals surface area contributed by atoms with Crippen molar-refractivity contribution in [3.05, 3.63) is 52.7 Å². The van der Waals surface area contributed by atoms with Gasteiger partial charge in [0, 0.05) is 22.1 Å². The molecule has 0 aliphatic rings. The van der Waals surface area contributed by atoms with E-state index in [1.807, 2.05) is 12.1 Å². The molecule has 0 aliphatic carbocycles. The van der Waals surface area contributed by atoms with Crippen LogP contribution in [0.2, 0.25) is 0 Å². The SMILES string of the molecule is CCOC(=O)CN(CC(=O)OCC)c1ccc(NC(=O)c2cc(I)cc(I)c2I)cc1. The number of carbonyl (C=O) groups excluding carboxylic acids is 3. The van der Waals surface area contributed by atoms with Crippen LogP contribution in [0.3, 0.4) is 0 Å². The van der Waals surface area contributed by atoms with Crippen molar-refractivity contribution in [2.75, 3.05) is 36.5 Å². The Morgan fingerprint density at radius 1 is 0.903 bits per heavy atom. The van der Waals surface area contributed by atoms with Gasteiger partial charge in [-0.2, -0.15) is 0 Å². The van der Waals surface area contributed by atoms with E-state index < -0.39 is 11.9 Å². The molecule has 10 heteroatoms. The van der Waals surface area contributed by atoms with Crippen molar-refractivity contribution < 1.29 is 23.9 Å². The minimum atomic E-state index is -0.438. The summed E-state index contributed by atoms with van der Waals surface area (Å²) in [7, 11) is 0. The van der Waals surface area contributed by atoms with E-state index in [2.05, 4.69) is 73.1 Å². The lowest BCUT2D eigenvalue weighted by molar-refractivity contribution is -0.142. The fourth-order valence-corrected chi connectivity index (χ4v) is 5.04. The predicted molar refractivity (Wildman–Crippen MR) is 144 cm³/mol. The Labute approximate surface area is 222 Å². The van der Waals surface area contributed by atoms with Gasteiger partial charge < -0.3 is 19.7 Å². The van der Waals surface area contributed by atoms with Crippen molar-refractivity contribution in [3.63, 3.8) is 0 Å². The van der Waals surface area contributed by atoms with Crippen molar-refractivity contribution in [2.45, 2.75) is 13.8 Å². The van der Waals surface area contributed by atoms with Crippen LogP contribution in [0.1, 0.15) is 24.2 Å². The number of carbonyl (C=O) groups is 3. The van der Waals surface area contributed by atoms with Crippen LogP contribution in [0.25, 0.3) is 0 Å². The van der Waals surface area contributed by atoms with E-state index in [0.717, 1.165) is 10.7 Å². The van der Waals surface area contributed by atoms with Crippen LogP contribution >= 0.6 is 67.8 Å². The van der Waals surface area contributed by atoms with Gasteiger partial charge >= 0.3 is 11.9 Å². The number of amides is 1. The first-order valence-corrected chi connectivity index (χ1v) is 12.6. The molecule has 0 bridgehead atoms. The third-order valence-corrected chi connectivity index (χ3v) is 7.65. The molecular formula is C21H21I3N2O5. The number of nitrogens with one attached hydrogen (secondary N) is 1. The smallest absolute Gasteiger partial charge is 0.325 e. The standard InChI is InChI=1S/C21H21I3N2O5/c1-3-30-18(27)11-26(12-19(28)31-4-2)15-7-5-14(6-8-15)25-21(29)16-9-13(22)10-17(23)20(16)24/h5-10H,3-4,11-12H2,1-2H3,(H,25,29). The highest BCUT2D eigenvalue weighted by molar-refractivity contribution is 14.1. The van der Waals surface area contributed by atoms with Gasteiger partial charge in [0.15, 0.2) is 0 Å². The lowest BCUT2D eigenvalue weighted by Gasteiger charge is -2.23. The summed E-state index contributed by atoms with van der Waals surface area (Å²) >= 11 is 6.56. The van der Waals surface area contributed by atoms with Crippen molar-refractivity contribution in [3.8, 4) is 0 Å². The summed E-state index contributed by atoms with van der Waals surface area (Å²) in [5, 5.41) is 2.89. The zero-order valence-corrected chi connectivity index (χ0v) is 23.4. The molecule has 0 saturated carbocycles. The second-order valence-corrected chi connectivity index (χ2v) is 9.70. The monoisotopic (exact) mass is 762 g/mol. The van der Waals surface area contributed by atoms with E-state index in [0.29, 0.717) is 16.9 Å². The largest absolute Gasteiger partial charge is 0.465 e. The van der Waals surface area contributed by atoms with Crippen LogP contribution in [0, 0.1) is 10.7 Å². The highest BCUT2D eigenvalue weighted by Gasteiger charge is 2.18. The molecule has 31 heavy (non-hydrogen) atoms. The lowest BCUT2D eigenvalue weighted by atomic mass is 10.2. The Morgan fingerprint density at radius 2 is 1.45 bits per heavy atom. The summed E-state index contributed by atoms with van der Waals surface area (Å²) < 4.78 is 12.9. The molecule has 0 aliphatic heterocycles. The minimum Gasteiger partial charge on any atom is -0.465 e. The normalized spacial score (nSPS) is 10.4. The Morgan fingerprint density at radius 3 is 1.97 bits per heavy atom. The van der Waals surface area contributed by atoms with Crippen LogP contribution in [-0.4, -0.2) is 44.1 Å². The maximum Gasteiger partial charge on any atom is 0.325 e. The molecule has 0 aromatic heterocycles. The zero-order valence-electron chi connectivity index (χ0n) is 16.9. The molecule has 0 radical (unpaired) electrons. The van der Waals surface area contributed by atoms with Crippen molar-refractivity contribution in [1.82, 2.24) is 0 Å². The maximum absolute atomic E-state index is 12.7. The molecule has 0 atom stereocenters. The molecule has 0 saturated heterocycles. The van der Waals surface area contributed by atoms with Crippen molar-refractivity contribution in [1.29, 1.82) is 0 Å². The number of halogens is 3. The highest BCUT2D eigenvalue weighted by Crippen LogP contribution is 2.24. The van der Waals surface area contributed by atoms with Gasteiger partial charge in [-0.1, -0.05) is 0 Å². The average Bonchev–Trinajstić information content (AvgIpc) is 2.71. The summed E-state index contributed by atoms with van der Waals surface area (Å²) in [5.74, 6) is -1.08. The summed E-state index contributed by atoms with van der Waals surface area (Å²) in [6, 6.07) is 10.8. The summed E-state index contributed by atoms with van der Waals surface area (Å²) in [6.07, 6.45) is 0. The Hall–Kier alpha value is -1.16.